The van der Waals surface area contributed by atoms with Gasteiger partial charge in [0.05, 0.1) is 30.6 Å². The fourth-order valence-electron chi connectivity index (χ4n) is 1.75. The molecule has 15 heavy (non-hydrogen) atoms. The van der Waals surface area contributed by atoms with Crippen molar-refractivity contribution < 1.29 is 4.74 Å². The Balaban J connectivity index is 2.05. The van der Waals surface area contributed by atoms with E-state index in [1.165, 1.54) is 11.7 Å². The van der Waals surface area contributed by atoms with Crippen molar-refractivity contribution in [3.63, 3.8) is 0 Å². The van der Waals surface area contributed by atoms with Gasteiger partial charge in [-0.3, -0.25) is 0 Å². The second-order valence-electron chi connectivity index (χ2n) is 3.37. The second kappa shape index (κ2) is 3.71. The molecule has 0 saturated carbocycles. The van der Waals surface area contributed by atoms with Crippen LogP contribution in [0.25, 0.3) is 11.2 Å². The van der Waals surface area contributed by atoms with E-state index in [9.17, 15) is 0 Å². The Morgan fingerprint density at radius 1 is 1.27 bits per heavy atom. The summed E-state index contributed by atoms with van der Waals surface area (Å²) in [5, 5.41) is 0. The molecule has 1 fully saturated rings. The van der Waals surface area contributed by atoms with Gasteiger partial charge in [0.1, 0.15) is 5.52 Å². The van der Waals surface area contributed by atoms with Crippen molar-refractivity contribution in [3.05, 3.63) is 12.3 Å². The zero-order valence-electron chi connectivity index (χ0n) is 8.09. The number of anilines is 1. The first-order chi connectivity index (χ1) is 7.45. The summed E-state index contributed by atoms with van der Waals surface area (Å²) in [5.41, 5.74) is 2.77. The molecule has 2 aromatic rings. The zero-order valence-corrected chi connectivity index (χ0v) is 8.90. The molecule has 0 aliphatic carbocycles. The molecule has 0 amide bonds. The molecule has 2 aromatic heterocycles. The highest BCUT2D eigenvalue weighted by atomic mass is 32.1. The molecule has 0 N–H and O–H groups in total. The average molecular weight is 222 g/mol. The Hall–Kier alpha value is -1.27. The predicted octanol–water partition coefficient (Wildman–Crippen LogP) is 0.923. The molecule has 3 heterocycles. The van der Waals surface area contributed by atoms with Crippen LogP contribution >= 0.6 is 11.7 Å². The van der Waals surface area contributed by atoms with E-state index in [2.05, 4.69) is 18.6 Å². The highest BCUT2D eigenvalue weighted by Gasteiger charge is 2.15. The summed E-state index contributed by atoms with van der Waals surface area (Å²) in [6.07, 6.45) is 1.79. The molecule has 0 unspecified atom stereocenters. The molecule has 5 nitrogen and oxygen atoms in total. The molecule has 0 aromatic carbocycles. The van der Waals surface area contributed by atoms with Crippen LogP contribution in [-0.4, -0.2) is 40.0 Å². The van der Waals surface area contributed by atoms with Gasteiger partial charge in [0, 0.05) is 19.3 Å². The minimum absolute atomic E-state index is 0.740. The van der Waals surface area contributed by atoms with Crippen LogP contribution in [-0.2, 0) is 4.74 Å². The fraction of sp³-hybridized carbons (Fsp3) is 0.444. The minimum atomic E-state index is 0.740. The van der Waals surface area contributed by atoms with Gasteiger partial charge in [-0.05, 0) is 6.07 Å². The van der Waals surface area contributed by atoms with Gasteiger partial charge in [0.15, 0.2) is 5.65 Å². The summed E-state index contributed by atoms with van der Waals surface area (Å²) in [6, 6.07) is 2.00. The molecular weight excluding hydrogens is 212 g/mol. The number of fused-ring (bicyclic) bond motifs is 1. The van der Waals surface area contributed by atoms with Crippen molar-refractivity contribution >= 4 is 28.6 Å². The van der Waals surface area contributed by atoms with Crippen molar-refractivity contribution in [2.75, 3.05) is 31.2 Å². The third-order valence-corrected chi connectivity index (χ3v) is 3.01. The Labute approximate surface area is 91.0 Å². The summed E-state index contributed by atoms with van der Waals surface area (Å²) in [6.45, 7) is 3.38. The smallest absolute Gasteiger partial charge is 0.195 e. The molecular formula is C9H10N4OS. The first-order valence-corrected chi connectivity index (χ1v) is 5.58. The van der Waals surface area contributed by atoms with Crippen molar-refractivity contribution in [2.45, 2.75) is 0 Å². The van der Waals surface area contributed by atoms with E-state index in [-0.39, 0.29) is 0 Å². The summed E-state index contributed by atoms with van der Waals surface area (Å²) < 4.78 is 13.7. The molecule has 1 saturated heterocycles. The normalized spacial score (nSPS) is 17.2. The van der Waals surface area contributed by atoms with Gasteiger partial charge in [-0.1, -0.05) is 0 Å². The Morgan fingerprint density at radius 3 is 3.00 bits per heavy atom. The van der Waals surface area contributed by atoms with Crippen LogP contribution in [0.5, 0.6) is 0 Å². The highest BCUT2D eigenvalue weighted by molar-refractivity contribution is 7.00. The lowest BCUT2D eigenvalue weighted by Crippen LogP contribution is -2.36. The first kappa shape index (κ1) is 8.99. The van der Waals surface area contributed by atoms with Crippen LogP contribution in [0, 0.1) is 0 Å². The van der Waals surface area contributed by atoms with Crippen LogP contribution in [0.4, 0.5) is 5.69 Å². The van der Waals surface area contributed by atoms with E-state index < -0.39 is 0 Å². The Morgan fingerprint density at radius 2 is 2.13 bits per heavy atom. The Kier molecular flexibility index (Phi) is 2.22. The summed E-state index contributed by atoms with van der Waals surface area (Å²) in [5.74, 6) is 0. The maximum atomic E-state index is 5.32. The maximum absolute atomic E-state index is 5.32. The molecule has 6 heteroatoms. The summed E-state index contributed by atoms with van der Waals surface area (Å²) >= 11 is 1.21. The maximum Gasteiger partial charge on any atom is 0.195 e. The number of nitrogens with zero attached hydrogens (tertiary/aromatic N) is 4. The van der Waals surface area contributed by atoms with Gasteiger partial charge < -0.3 is 9.64 Å². The van der Waals surface area contributed by atoms with Crippen molar-refractivity contribution in [1.29, 1.82) is 0 Å². The molecule has 3 rings (SSSR count). The van der Waals surface area contributed by atoms with Crippen LogP contribution in [0.1, 0.15) is 0 Å². The first-order valence-electron chi connectivity index (χ1n) is 4.85. The number of hydrogen-bond acceptors (Lipinski definition) is 6. The SMILES string of the molecule is c1cc(N2CCOCC2)c2nsnc2n1. The monoisotopic (exact) mass is 222 g/mol. The molecule has 1 aliphatic heterocycles. The van der Waals surface area contributed by atoms with Gasteiger partial charge in [0.25, 0.3) is 0 Å². The zero-order chi connectivity index (χ0) is 10.1. The molecule has 1 aliphatic rings. The van der Waals surface area contributed by atoms with Crippen LogP contribution in [0.2, 0.25) is 0 Å². The molecule has 0 bridgehead atoms. The summed E-state index contributed by atoms with van der Waals surface area (Å²) in [4.78, 5) is 6.45. The highest BCUT2D eigenvalue weighted by Crippen LogP contribution is 2.23. The van der Waals surface area contributed by atoms with Crippen LogP contribution < -0.4 is 4.90 Å². The number of morpholine rings is 1. The van der Waals surface area contributed by atoms with Crippen LogP contribution in [0.3, 0.4) is 0 Å². The average Bonchev–Trinajstić information content (AvgIpc) is 2.78. The van der Waals surface area contributed by atoms with E-state index in [0.29, 0.717) is 0 Å². The quantitative estimate of drug-likeness (QED) is 0.718. The van der Waals surface area contributed by atoms with E-state index >= 15 is 0 Å². The number of aromatic nitrogens is 3. The standard InChI is InChI=1S/C9H10N4OS/c1-2-10-9-8(11-15-12-9)7(1)13-3-5-14-6-4-13/h1-2H,3-6H2. The van der Waals surface area contributed by atoms with Gasteiger partial charge in [-0.2, -0.15) is 8.75 Å². The number of hydrogen-bond donors (Lipinski definition) is 0. The molecule has 0 spiro atoms. The van der Waals surface area contributed by atoms with E-state index in [1.54, 1.807) is 6.20 Å². The van der Waals surface area contributed by atoms with Gasteiger partial charge in [-0.25, -0.2) is 4.98 Å². The second-order valence-corrected chi connectivity index (χ2v) is 3.89. The molecule has 78 valence electrons. The predicted molar refractivity (Wildman–Crippen MR) is 58.2 cm³/mol. The fourth-order valence-corrected chi connectivity index (χ4v) is 2.26. The number of rotatable bonds is 1. The third kappa shape index (κ3) is 1.55. The lowest BCUT2D eigenvalue weighted by Gasteiger charge is -2.28. The minimum Gasteiger partial charge on any atom is -0.378 e. The lowest BCUT2D eigenvalue weighted by atomic mass is 10.3. The van der Waals surface area contributed by atoms with Crippen LogP contribution in [0.15, 0.2) is 12.3 Å². The van der Waals surface area contributed by atoms with Gasteiger partial charge in [-0.15, -0.1) is 0 Å². The molecule has 0 radical (unpaired) electrons. The summed E-state index contributed by atoms with van der Waals surface area (Å²) in [7, 11) is 0. The third-order valence-electron chi connectivity index (χ3n) is 2.49. The van der Waals surface area contributed by atoms with Gasteiger partial charge in [0.2, 0.25) is 0 Å². The largest absolute Gasteiger partial charge is 0.378 e. The Bertz CT molecular complexity index is 466. The van der Waals surface area contributed by atoms with E-state index in [0.717, 1.165) is 43.2 Å². The van der Waals surface area contributed by atoms with Gasteiger partial charge >= 0.3 is 0 Å². The van der Waals surface area contributed by atoms with Crippen molar-refractivity contribution in [2.24, 2.45) is 0 Å². The topological polar surface area (TPSA) is 51.1 Å². The number of ether oxygens (including phenoxy) is 1. The van der Waals surface area contributed by atoms with E-state index in [1.807, 2.05) is 6.07 Å². The van der Waals surface area contributed by atoms with Crippen molar-refractivity contribution in [3.8, 4) is 0 Å². The number of pyridine rings is 1. The molecule has 0 atom stereocenters. The van der Waals surface area contributed by atoms with E-state index in [4.69, 9.17) is 4.74 Å². The van der Waals surface area contributed by atoms with Crippen molar-refractivity contribution in [1.82, 2.24) is 13.7 Å². The lowest BCUT2D eigenvalue weighted by molar-refractivity contribution is 0.123.